The van der Waals surface area contributed by atoms with Crippen LogP contribution in [0.5, 0.6) is 0 Å². The number of esters is 1. The lowest BCUT2D eigenvalue weighted by atomic mass is 9.70. The van der Waals surface area contributed by atoms with E-state index in [-0.39, 0.29) is 11.9 Å². The van der Waals surface area contributed by atoms with E-state index in [1.54, 1.807) is 0 Å². The van der Waals surface area contributed by atoms with Crippen molar-refractivity contribution in [3.8, 4) is 0 Å². The summed E-state index contributed by atoms with van der Waals surface area (Å²) in [4.78, 5) is 14.9. The highest BCUT2D eigenvalue weighted by molar-refractivity contribution is 5.81. The number of ether oxygens (including phenoxy) is 1. The Bertz CT molecular complexity index is 355. The van der Waals surface area contributed by atoms with Gasteiger partial charge in [0.15, 0.2) is 0 Å². The molecule has 0 aromatic heterocycles. The summed E-state index contributed by atoms with van der Waals surface area (Å²) in [6, 6.07) is 0. The third-order valence-electron chi connectivity index (χ3n) is 4.12. The smallest absolute Gasteiger partial charge is 0.326 e. The van der Waals surface area contributed by atoms with Crippen LogP contribution >= 0.6 is 0 Å². The lowest BCUT2D eigenvalue weighted by Gasteiger charge is -2.43. The normalized spacial score (nSPS) is 30.5. The number of hydrogen-bond donors (Lipinski definition) is 1. The lowest BCUT2D eigenvalue weighted by molar-refractivity contribution is -0.153. The van der Waals surface area contributed by atoms with E-state index in [0.29, 0.717) is 19.0 Å². The van der Waals surface area contributed by atoms with Crippen molar-refractivity contribution in [2.24, 2.45) is 17.0 Å². The van der Waals surface area contributed by atoms with Crippen LogP contribution in [0.4, 0.5) is 0 Å². The van der Waals surface area contributed by atoms with Crippen molar-refractivity contribution in [2.45, 2.75) is 45.1 Å². The summed E-state index contributed by atoms with van der Waals surface area (Å²) >= 11 is 0. The molecule has 1 aliphatic rings. The Hall–Kier alpha value is -1.26. The van der Waals surface area contributed by atoms with Crippen LogP contribution in [-0.2, 0) is 9.53 Å². The molecular formula is C13H24N4O2. The molecule has 6 heteroatoms. The Morgan fingerprint density at radius 2 is 2.32 bits per heavy atom. The van der Waals surface area contributed by atoms with Gasteiger partial charge in [-0.05, 0) is 49.6 Å². The van der Waals surface area contributed by atoms with E-state index < -0.39 is 5.54 Å². The Balaban J connectivity index is 2.65. The molecule has 0 radical (unpaired) electrons. The molecule has 1 rings (SSSR count). The quantitative estimate of drug-likeness (QED) is 0.264. The fourth-order valence-electron chi connectivity index (χ4n) is 2.97. The first kappa shape index (κ1) is 15.8. The van der Waals surface area contributed by atoms with E-state index in [4.69, 9.17) is 10.3 Å². The van der Waals surface area contributed by atoms with Crippen molar-refractivity contribution in [2.75, 3.05) is 20.2 Å². The SMILES string of the molecule is COC(=O)C1(NCCCN=[N+]=[N-])CCC(C)CC1C. The second-order valence-electron chi connectivity index (χ2n) is 5.48. The molecule has 1 fully saturated rings. The molecule has 3 unspecified atom stereocenters. The number of nitrogens with one attached hydrogen (secondary N) is 1. The number of rotatable bonds is 6. The third kappa shape index (κ3) is 3.85. The predicted molar refractivity (Wildman–Crippen MR) is 73.6 cm³/mol. The lowest BCUT2D eigenvalue weighted by Crippen LogP contribution is -2.59. The van der Waals surface area contributed by atoms with Crippen molar-refractivity contribution < 1.29 is 9.53 Å². The van der Waals surface area contributed by atoms with Gasteiger partial charge in [0, 0.05) is 11.5 Å². The molecule has 0 amide bonds. The number of hydrogen-bond acceptors (Lipinski definition) is 4. The molecule has 0 bridgehead atoms. The van der Waals surface area contributed by atoms with Gasteiger partial charge in [-0.25, -0.2) is 0 Å². The maximum atomic E-state index is 12.2. The Labute approximate surface area is 114 Å². The van der Waals surface area contributed by atoms with Crippen molar-refractivity contribution in [3.05, 3.63) is 10.4 Å². The van der Waals surface area contributed by atoms with Gasteiger partial charge in [-0.2, -0.15) is 0 Å². The molecule has 0 aromatic rings. The van der Waals surface area contributed by atoms with Crippen molar-refractivity contribution in [3.63, 3.8) is 0 Å². The highest BCUT2D eigenvalue weighted by Crippen LogP contribution is 2.37. The number of carbonyl (C=O) groups excluding carboxylic acids is 1. The molecular weight excluding hydrogens is 244 g/mol. The second kappa shape index (κ2) is 7.36. The summed E-state index contributed by atoms with van der Waals surface area (Å²) in [5, 5.41) is 6.85. The third-order valence-corrected chi connectivity index (χ3v) is 4.12. The highest BCUT2D eigenvalue weighted by atomic mass is 16.5. The van der Waals surface area contributed by atoms with Gasteiger partial charge in [0.25, 0.3) is 0 Å². The van der Waals surface area contributed by atoms with Crippen LogP contribution in [0.2, 0.25) is 0 Å². The summed E-state index contributed by atoms with van der Waals surface area (Å²) in [6.45, 7) is 5.44. The van der Waals surface area contributed by atoms with E-state index in [9.17, 15) is 4.79 Å². The molecule has 0 aromatic carbocycles. The maximum absolute atomic E-state index is 12.2. The molecule has 19 heavy (non-hydrogen) atoms. The average molecular weight is 268 g/mol. The van der Waals surface area contributed by atoms with E-state index in [1.807, 2.05) is 0 Å². The fraction of sp³-hybridized carbons (Fsp3) is 0.923. The summed E-state index contributed by atoms with van der Waals surface area (Å²) in [6.07, 6.45) is 3.59. The van der Waals surface area contributed by atoms with Gasteiger partial charge in [0.2, 0.25) is 0 Å². The van der Waals surface area contributed by atoms with E-state index in [0.717, 1.165) is 25.7 Å². The zero-order valence-corrected chi connectivity index (χ0v) is 12.1. The van der Waals surface area contributed by atoms with Gasteiger partial charge in [-0.1, -0.05) is 19.0 Å². The molecule has 108 valence electrons. The van der Waals surface area contributed by atoms with Crippen molar-refractivity contribution in [1.82, 2.24) is 5.32 Å². The van der Waals surface area contributed by atoms with Crippen LogP contribution in [0.15, 0.2) is 5.11 Å². The van der Waals surface area contributed by atoms with Gasteiger partial charge in [0.05, 0.1) is 7.11 Å². The van der Waals surface area contributed by atoms with Crippen molar-refractivity contribution in [1.29, 1.82) is 0 Å². The molecule has 1 aliphatic carbocycles. The minimum Gasteiger partial charge on any atom is -0.468 e. The zero-order valence-electron chi connectivity index (χ0n) is 12.1. The van der Waals surface area contributed by atoms with Gasteiger partial charge in [-0.3, -0.25) is 4.79 Å². The molecule has 1 saturated carbocycles. The van der Waals surface area contributed by atoms with Crippen molar-refractivity contribution >= 4 is 5.97 Å². The molecule has 0 saturated heterocycles. The van der Waals surface area contributed by atoms with Crippen LogP contribution in [0, 0.1) is 11.8 Å². The largest absolute Gasteiger partial charge is 0.468 e. The molecule has 0 heterocycles. The van der Waals surface area contributed by atoms with E-state index in [2.05, 4.69) is 29.2 Å². The molecule has 0 aliphatic heterocycles. The van der Waals surface area contributed by atoms with Gasteiger partial charge in [0.1, 0.15) is 5.54 Å². The predicted octanol–water partition coefficient (Wildman–Crippen LogP) is 2.64. The average Bonchev–Trinajstić information content (AvgIpc) is 2.40. The van der Waals surface area contributed by atoms with Crippen LogP contribution in [0.3, 0.4) is 0 Å². The van der Waals surface area contributed by atoms with E-state index >= 15 is 0 Å². The zero-order chi connectivity index (χ0) is 14.3. The first-order valence-electron chi connectivity index (χ1n) is 6.91. The topological polar surface area (TPSA) is 87.1 Å². The number of azide groups is 1. The number of carbonyl (C=O) groups is 1. The summed E-state index contributed by atoms with van der Waals surface area (Å²) in [5.41, 5.74) is 7.65. The molecule has 6 nitrogen and oxygen atoms in total. The van der Waals surface area contributed by atoms with Crippen LogP contribution < -0.4 is 5.32 Å². The summed E-state index contributed by atoms with van der Waals surface area (Å²) < 4.78 is 4.99. The maximum Gasteiger partial charge on any atom is 0.326 e. The van der Waals surface area contributed by atoms with Gasteiger partial charge in [-0.15, -0.1) is 0 Å². The second-order valence-corrected chi connectivity index (χ2v) is 5.48. The Morgan fingerprint density at radius 3 is 2.89 bits per heavy atom. The molecule has 1 N–H and O–H groups in total. The Kier molecular flexibility index (Phi) is 6.12. The summed E-state index contributed by atoms with van der Waals surface area (Å²) in [5.74, 6) is 0.733. The first-order valence-corrected chi connectivity index (χ1v) is 6.91. The van der Waals surface area contributed by atoms with Gasteiger partial charge < -0.3 is 10.1 Å². The fourth-order valence-corrected chi connectivity index (χ4v) is 2.97. The van der Waals surface area contributed by atoms with Crippen LogP contribution in [0.1, 0.15) is 39.5 Å². The minimum absolute atomic E-state index is 0.171. The molecule has 3 atom stereocenters. The van der Waals surface area contributed by atoms with Crippen LogP contribution in [-0.4, -0.2) is 31.7 Å². The van der Waals surface area contributed by atoms with Gasteiger partial charge >= 0.3 is 5.97 Å². The standard InChI is InChI=1S/C13H24N4O2/c1-10-5-6-13(11(2)9-10,12(18)19-3)15-7-4-8-16-17-14/h10-11,15H,4-9H2,1-3H3. The first-order chi connectivity index (χ1) is 9.06. The van der Waals surface area contributed by atoms with Crippen LogP contribution in [0.25, 0.3) is 10.4 Å². The Morgan fingerprint density at radius 1 is 1.58 bits per heavy atom. The monoisotopic (exact) mass is 268 g/mol. The number of nitrogens with zero attached hydrogens (tertiary/aromatic N) is 3. The number of methoxy groups -OCH3 is 1. The molecule has 0 spiro atoms. The minimum atomic E-state index is -0.572. The highest BCUT2D eigenvalue weighted by Gasteiger charge is 2.46. The van der Waals surface area contributed by atoms with E-state index in [1.165, 1.54) is 7.11 Å². The summed E-state index contributed by atoms with van der Waals surface area (Å²) in [7, 11) is 1.44.